The van der Waals surface area contributed by atoms with Crippen molar-refractivity contribution in [2.45, 2.75) is 44.7 Å². The van der Waals surface area contributed by atoms with Crippen molar-refractivity contribution >= 4 is 5.69 Å². The van der Waals surface area contributed by atoms with Crippen LogP contribution in [0.2, 0.25) is 0 Å². The minimum atomic E-state index is -0.157. The standard InChI is InChI=1S/C15H23FN2/c1-11(17-2)14-10-12(16)8-9-15(14)18(3)13-6-4-5-7-13/h8-11,13,17H,4-7H2,1-3H3. The first kappa shape index (κ1) is 13.3. The van der Waals surface area contributed by atoms with Gasteiger partial charge in [0.1, 0.15) is 5.82 Å². The fourth-order valence-electron chi connectivity index (χ4n) is 2.84. The van der Waals surface area contributed by atoms with Gasteiger partial charge < -0.3 is 10.2 Å². The van der Waals surface area contributed by atoms with Crippen LogP contribution in [0.1, 0.15) is 44.2 Å². The third-order valence-corrected chi connectivity index (χ3v) is 4.14. The molecule has 18 heavy (non-hydrogen) atoms. The van der Waals surface area contributed by atoms with Crippen LogP contribution in [0, 0.1) is 5.82 Å². The van der Waals surface area contributed by atoms with Gasteiger partial charge in [0.05, 0.1) is 0 Å². The van der Waals surface area contributed by atoms with Gasteiger partial charge >= 0.3 is 0 Å². The Morgan fingerprint density at radius 1 is 1.33 bits per heavy atom. The molecule has 0 spiro atoms. The normalized spacial score (nSPS) is 18.0. The van der Waals surface area contributed by atoms with E-state index in [4.69, 9.17) is 0 Å². The van der Waals surface area contributed by atoms with E-state index in [9.17, 15) is 4.39 Å². The van der Waals surface area contributed by atoms with Crippen LogP contribution < -0.4 is 10.2 Å². The zero-order chi connectivity index (χ0) is 13.1. The predicted molar refractivity (Wildman–Crippen MR) is 74.5 cm³/mol. The molecule has 1 fully saturated rings. The van der Waals surface area contributed by atoms with Crippen LogP contribution in [0.4, 0.5) is 10.1 Å². The minimum Gasteiger partial charge on any atom is -0.371 e. The highest BCUT2D eigenvalue weighted by atomic mass is 19.1. The van der Waals surface area contributed by atoms with E-state index in [1.165, 1.54) is 25.7 Å². The average Bonchev–Trinajstić information content (AvgIpc) is 2.90. The van der Waals surface area contributed by atoms with Crippen LogP contribution in [-0.2, 0) is 0 Å². The molecule has 0 aliphatic heterocycles. The summed E-state index contributed by atoms with van der Waals surface area (Å²) in [7, 11) is 4.05. The Labute approximate surface area is 109 Å². The molecule has 1 aromatic carbocycles. The van der Waals surface area contributed by atoms with E-state index < -0.39 is 0 Å². The second-order valence-corrected chi connectivity index (χ2v) is 5.26. The van der Waals surface area contributed by atoms with Crippen molar-refractivity contribution in [3.63, 3.8) is 0 Å². The van der Waals surface area contributed by atoms with E-state index in [2.05, 4.69) is 24.2 Å². The van der Waals surface area contributed by atoms with Crippen molar-refractivity contribution in [2.75, 3.05) is 19.0 Å². The Bertz CT molecular complexity index is 399. The third kappa shape index (κ3) is 2.66. The Morgan fingerprint density at radius 3 is 2.61 bits per heavy atom. The molecule has 1 aromatic rings. The van der Waals surface area contributed by atoms with Crippen LogP contribution in [0.3, 0.4) is 0 Å². The monoisotopic (exact) mass is 250 g/mol. The highest BCUT2D eigenvalue weighted by Crippen LogP contribution is 2.32. The maximum Gasteiger partial charge on any atom is 0.123 e. The summed E-state index contributed by atoms with van der Waals surface area (Å²) >= 11 is 0. The van der Waals surface area contributed by atoms with E-state index in [1.54, 1.807) is 12.1 Å². The summed E-state index contributed by atoms with van der Waals surface area (Å²) in [5.74, 6) is -0.157. The van der Waals surface area contributed by atoms with Gasteiger partial charge in [-0.3, -0.25) is 0 Å². The number of nitrogens with zero attached hydrogens (tertiary/aromatic N) is 1. The SMILES string of the molecule is CNC(C)c1cc(F)ccc1N(C)C1CCCC1. The lowest BCUT2D eigenvalue weighted by atomic mass is 10.0. The van der Waals surface area contributed by atoms with Gasteiger partial charge in [-0.1, -0.05) is 12.8 Å². The molecule has 1 N–H and O–H groups in total. The van der Waals surface area contributed by atoms with Crippen LogP contribution in [0.15, 0.2) is 18.2 Å². The van der Waals surface area contributed by atoms with Crippen molar-refractivity contribution in [3.8, 4) is 0 Å². The topological polar surface area (TPSA) is 15.3 Å². The number of anilines is 1. The van der Waals surface area contributed by atoms with Crippen molar-refractivity contribution in [3.05, 3.63) is 29.6 Å². The lowest BCUT2D eigenvalue weighted by Gasteiger charge is -2.30. The van der Waals surface area contributed by atoms with Crippen molar-refractivity contribution in [1.82, 2.24) is 5.32 Å². The first-order chi connectivity index (χ1) is 8.63. The minimum absolute atomic E-state index is 0.157. The molecule has 3 heteroatoms. The second kappa shape index (κ2) is 5.70. The maximum absolute atomic E-state index is 13.4. The van der Waals surface area contributed by atoms with Crippen LogP contribution in [0.25, 0.3) is 0 Å². The summed E-state index contributed by atoms with van der Waals surface area (Å²) < 4.78 is 13.4. The smallest absolute Gasteiger partial charge is 0.123 e. The van der Waals surface area contributed by atoms with Crippen LogP contribution >= 0.6 is 0 Å². The predicted octanol–water partition coefficient (Wildman–Crippen LogP) is 3.48. The zero-order valence-corrected chi connectivity index (χ0v) is 11.5. The number of rotatable bonds is 4. The molecule has 0 heterocycles. The molecule has 100 valence electrons. The van der Waals surface area contributed by atoms with Crippen molar-refractivity contribution < 1.29 is 4.39 Å². The Kier molecular flexibility index (Phi) is 4.23. The number of hydrogen-bond donors (Lipinski definition) is 1. The van der Waals surface area contributed by atoms with E-state index in [1.807, 2.05) is 13.1 Å². The van der Waals surface area contributed by atoms with E-state index in [0.717, 1.165) is 11.3 Å². The molecular formula is C15H23FN2. The molecule has 1 aliphatic carbocycles. The molecule has 2 nitrogen and oxygen atoms in total. The highest BCUT2D eigenvalue weighted by Gasteiger charge is 2.22. The number of nitrogens with one attached hydrogen (secondary N) is 1. The van der Waals surface area contributed by atoms with E-state index >= 15 is 0 Å². The Morgan fingerprint density at radius 2 is 2.00 bits per heavy atom. The largest absolute Gasteiger partial charge is 0.371 e. The van der Waals surface area contributed by atoms with E-state index in [0.29, 0.717) is 6.04 Å². The molecule has 0 radical (unpaired) electrons. The molecule has 0 aromatic heterocycles. The lowest BCUT2D eigenvalue weighted by Crippen LogP contribution is -2.30. The zero-order valence-electron chi connectivity index (χ0n) is 11.5. The van der Waals surface area contributed by atoms with Gasteiger partial charge in [0, 0.05) is 24.8 Å². The van der Waals surface area contributed by atoms with Gasteiger partial charge in [-0.15, -0.1) is 0 Å². The summed E-state index contributed by atoms with van der Waals surface area (Å²) in [5, 5.41) is 3.20. The number of halogens is 1. The quantitative estimate of drug-likeness (QED) is 0.880. The molecule has 1 aliphatic rings. The van der Waals surface area contributed by atoms with Crippen LogP contribution in [0.5, 0.6) is 0 Å². The summed E-state index contributed by atoms with van der Waals surface area (Å²) in [4.78, 5) is 2.33. The number of hydrogen-bond acceptors (Lipinski definition) is 2. The molecule has 0 bridgehead atoms. The van der Waals surface area contributed by atoms with Crippen molar-refractivity contribution in [1.29, 1.82) is 0 Å². The molecule has 1 atom stereocenters. The first-order valence-corrected chi connectivity index (χ1v) is 6.83. The van der Waals surface area contributed by atoms with Gasteiger partial charge in [0.15, 0.2) is 0 Å². The summed E-state index contributed by atoms with van der Waals surface area (Å²) in [6, 6.07) is 5.91. The molecular weight excluding hydrogens is 227 g/mol. The fourth-order valence-corrected chi connectivity index (χ4v) is 2.84. The average molecular weight is 250 g/mol. The lowest BCUT2D eigenvalue weighted by molar-refractivity contribution is 0.598. The molecule has 1 saturated carbocycles. The van der Waals surface area contributed by atoms with E-state index in [-0.39, 0.29) is 11.9 Å². The van der Waals surface area contributed by atoms with Gasteiger partial charge in [-0.05, 0) is 50.6 Å². The van der Waals surface area contributed by atoms with Gasteiger partial charge in [0.2, 0.25) is 0 Å². The molecule has 0 amide bonds. The maximum atomic E-state index is 13.4. The van der Waals surface area contributed by atoms with Crippen molar-refractivity contribution in [2.24, 2.45) is 0 Å². The third-order valence-electron chi connectivity index (χ3n) is 4.14. The Hall–Kier alpha value is -1.09. The Balaban J connectivity index is 2.30. The molecule has 2 rings (SSSR count). The summed E-state index contributed by atoms with van der Waals surface area (Å²) in [6.45, 7) is 2.07. The molecule has 1 unspecified atom stereocenters. The molecule has 0 saturated heterocycles. The van der Waals surface area contributed by atoms with Gasteiger partial charge in [0.25, 0.3) is 0 Å². The summed E-state index contributed by atoms with van der Waals surface area (Å²) in [5.41, 5.74) is 2.21. The first-order valence-electron chi connectivity index (χ1n) is 6.83. The summed E-state index contributed by atoms with van der Waals surface area (Å²) in [6.07, 6.45) is 5.13. The second-order valence-electron chi connectivity index (χ2n) is 5.26. The van der Waals surface area contributed by atoms with Gasteiger partial charge in [-0.2, -0.15) is 0 Å². The highest BCUT2D eigenvalue weighted by molar-refractivity contribution is 5.55. The van der Waals surface area contributed by atoms with Crippen LogP contribution in [-0.4, -0.2) is 20.1 Å². The fraction of sp³-hybridized carbons (Fsp3) is 0.600. The number of benzene rings is 1. The van der Waals surface area contributed by atoms with Gasteiger partial charge in [-0.25, -0.2) is 4.39 Å².